The van der Waals surface area contributed by atoms with Crippen LogP contribution in [-0.2, 0) is 0 Å². The van der Waals surface area contributed by atoms with Gasteiger partial charge in [-0.15, -0.1) is 36.9 Å². The summed E-state index contributed by atoms with van der Waals surface area (Å²) in [7, 11) is 0. The summed E-state index contributed by atoms with van der Waals surface area (Å²) in [6.07, 6.45) is 0. The Balaban J connectivity index is 2.44. The fraction of sp³-hybridized carbons (Fsp3) is 0.0769. The van der Waals surface area contributed by atoms with Crippen LogP contribution in [-0.4, -0.2) is 0 Å². The second-order valence-electron chi connectivity index (χ2n) is 3.48. The third-order valence-corrected chi connectivity index (χ3v) is 3.70. The van der Waals surface area contributed by atoms with Crippen molar-refractivity contribution in [3.63, 3.8) is 0 Å². The number of alkyl halides is 1. The first-order valence-corrected chi connectivity index (χ1v) is 6.23. The minimum Gasteiger partial charge on any atom is -0.143 e. The predicted octanol–water partition coefficient (Wildman–Crippen LogP) is 4.59. The molecule has 0 atom stereocenters. The lowest BCUT2D eigenvalue weighted by molar-refractivity contribution is 1.05. The first kappa shape index (κ1) is 11.9. The van der Waals surface area contributed by atoms with Crippen LogP contribution in [0.5, 0.6) is 0 Å². The Labute approximate surface area is 111 Å². The fourth-order valence-corrected chi connectivity index (χ4v) is 2.68. The van der Waals surface area contributed by atoms with Crippen molar-refractivity contribution >= 4 is 36.9 Å². The number of hydrogen-bond acceptors (Lipinski definition) is 2. The van der Waals surface area contributed by atoms with Gasteiger partial charge in [0.2, 0.25) is 0 Å². The maximum Gasteiger partial charge on any atom is 0.0856 e. The zero-order valence-corrected chi connectivity index (χ0v) is 11.0. The Hall–Kier alpha value is -0.570. The molecule has 2 aromatic rings. The smallest absolute Gasteiger partial charge is 0.0856 e. The van der Waals surface area contributed by atoms with E-state index in [1.165, 1.54) is 0 Å². The molecule has 0 aliphatic heterocycles. The van der Waals surface area contributed by atoms with E-state index >= 15 is 0 Å². The van der Waals surface area contributed by atoms with Crippen molar-refractivity contribution in [3.05, 3.63) is 59.7 Å². The second kappa shape index (κ2) is 5.17. The van der Waals surface area contributed by atoms with Crippen LogP contribution in [0.2, 0.25) is 0 Å². The minimum absolute atomic E-state index is 0.206. The van der Waals surface area contributed by atoms with Gasteiger partial charge in [0.1, 0.15) is 0 Å². The Morgan fingerprint density at radius 3 is 1.50 bits per heavy atom. The van der Waals surface area contributed by atoms with E-state index in [9.17, 15) is 0 Å². The molecule has 16 heavy (non-hydrogen) atoms. The van der Waals surface area contributed by atoms with Gasteiger partial charge >= 0.3 is 0 Å². The Kier molecular flexibility index (Phi) is 3.85. The van der Waals surface area contributed by atoms with Crippen molar-refractivity contribution in [2.75, 3.05) is 0 Å². The van der Waals surface area contributed by atoms with E-state index in [0.29, 0.717) is 0 Å². The summed E-state index contributed by atoms with van der Waals surface area (Å²) in [5.74, 6) is 0. The van der Waals surface area contributed by atoms with Gasteiger partial charge in [0.15, 0.2) is 0 Å². The summed E-state index contributed by atoms with van der Waals surface area (Å²) in [5.41, 5.74) is 2.02. The maximum atomic E-state index is 6.44. The molecule has 2 rings (SSSR count). The van der Waals surface area contributed by atoms with Crippen LogP contribution in [0.15, 0.2) is 58.3 Å². The molecule has 0 bridgehead atoms. The van der Waals surface area contributed by atoms with E-state index in [1.54, 1.807) is 0 Å². The molecule has 0 saturated carbocycles. The van der Waals surface area contributed by atoms with E-state index in [4.69, 9.17) is 11.6 Å². The number of rotatable bonds is 2. The van der Waals surface area contributed by atoms with Gasteiger partial charge in [0, 0.05) is 9.79 Å². The lowest BCUT2D eigenvalue weighted by Gasteiger charge is -2.14. The zero-order chi connectivity index (χ0) is 11.5. The first-order valence-electron chi connectivity index (χ1n) is 4.90. The van der Waals surface area contributed by atoms with Gasteiger partial charge in [-0.1, -0.05) is 36.4 Å². The van der Waals surface area contributed by atoms with Crippen molar-refractivity contribution in [1.29, 1.82) is 0 Å². The highest BCUT2D eigenvalue weighted by molar-refractivity contribution is 7.80. The Morgan fingerprint density at radius 1 is 0.750 bits per heavy atom. The van der Waals surface area contributed by atoms with Crippen LogP contribution in [0.4, 0.5) is 0 Å². The molecule has 0 N–H and O–H groups in total. The molecule has 0 heterocycles. The van der Waals surface area contributed by atoms with Gasteiger partial charge < -0.3 is 0 Å². The molecular formula is C13H11ClS2. The van der Waals surface area contributed by atoms with E-state index < -0.39 is 0 Å². The zero-order valence-electron chi connectivity index (χ0n) is 8.47. The molecule has 0 radical (unpaired) electrons. The van der Waals surface area contributed by atoms with Gasteiger partial charge in [-0.3, -0.25) is 0 Å². The molecular weight excluding hydrogens is 256 g/mol. The van der Waals surface area contributed by atoms with Gasteiger partial charge in [-0.25, -0.2) is 0 Å². The average Bonchev–Trinajstić information content (AvgIpc) is 2.29. The molecule has 0 nitrogen and oxygen atoms in total. The molecule has 0 unspecified atom stereocenters. The molecule has 0 spiro atoms. The first-order chi connectivity index (χ1) is 7.70. The molecule has 82 valence electrons. The minimum atomic E-state index is -0.206. The van der Waals surface area contributed by atoms with Crippen molar-refractivity contribution in [1.82, 2.24) is 0 Å². The van der Waals surface area contributed by atoms with Crippen molar-refractivity contribution in [3.8, 4) is 0 Å². The molecule has 0 fully saturated rings. The molecule has 0 aliphatic rings. The van der Waals surface area contributed by atoms with Gasteiger partial charge in [-0.2, -0.15) is 0 Å². The highest BCUT2D eigenvalue weighted by atomic mass is 35.5. The lowest BCUT2D eigenvalue weighted by Crippen LogP contribution is -1.95. The molecule has 2 aromatic carbocycles. The highest BCUT2D eigenvalue weighted by Crippen LogP contribution is 2.35. The topological polar surface area (TPSA) is 0 Å². The number of benzene rings is 2. The largest absolute Gasteiger partial charge is 0.143 e. The molecule has 0 amide bonds. The van der Waals surface area contributed by atoms with Crippen LogP contribution < -0.4 is 0 Å². The van der Waals surface area contributed by atoms with Crippen LogP contribution in [0.25, 0.3) is 0 Å². The van der Waals surface area contributed by atoms with Gasteiger partial charge in [0.25, 0.3) is 0 Å². The van der Waals surface area contributed by atoms with Crippen molar-refractivity contribution < 1.29 is 0 Å². The normalized spacial score (nSPS) is 10.8. The lowest BCUT2D eigenvalue weighted by atomic mass is 10.0. The summed E-state index contributed by atoms with van der Waals surface area (Å²) in [5, 5.41) is -0.206. The number of thiol groups is 2. The third kappa shape index (κ3) is 2.40. The molecule has 3 heteroatoms. The van der Waals surface area contributed by atoms with E-state index in [0.717, 1.165) is 20.9 Å². The predicted molar refractivity (Wildman–Crippen MR) is 75.1 cm³/mol. The maximum absolute atomic E-state index is 6.44. The summed E-state index contributed by atoms with van der Waals surface area (Å²) in [4.78, 5) is 1.80. The van der Waals surface area contributed by atoms with E-state index in [-0.39, 0.29) is 5.38 Å². The monoisotopic (exact) mass is 266 g/mol. The van der Waals surface area contributed by atoms with Crippen LogP contribution in [0, 0.1) is 0 Å². The van der Waals surface area contributed by atoms with Crippen LogP contribution in [0.3, 0.4) is 0 Å². The quantitative estimate of drug-likeness (QED) is 0.576. The summed E-state index contributed by atoms with van der Waals surface area (Å²) in [6.45, 7) is 0. The van der Waals surface area contributed by atoms with Crippen molar-refractivity contribution in [2.24, 2.45) is 0 Å². The van der Waals surface area contributed by atoms with Crippen LogP contribution >= 0.6 is 36.9 Å². The summed E-state index contributed by atoms with van der Waals surface area (Å²) < 4.78 is 0. The fourth-order valence-electron chi connectivity index (χ4n) is 1.57. The van der Waals surface area contributed by atoms with Crippen LogP contribution in [0.1, 0.15) is 16.5 Å². The standard InChI is InChI=1S/C13H11ClS2/c14-13(9-5-1-3-7-11(9)15)10-6-2-4-8-12(10)16/h1-8,13,15-16H. The third-order valence-electron chi connectivity index (χ3n) is 2.42. The van der Waals surface area contributed by atoms with Gasteiger partial charge in [-0.05, 0) is 23.3 Å². The molecule has 0 aliphatic carbocycles. The average molecular weight is 267 g/mol. The second-order valence-corrected chi connectivity index (χ2v) is 4.88. The summed E-state index contributed by atoms with van der Waals surface area (Å²) in [6, 6.07) is 15.7. The molecule has 0 aromatic heterocycles. The Bertz CT molecular complexity index is 451. The summed E-state index contributed by atoms with van der Waals surface area (Å²) >= 11 is 15.3. The Morgan fingerprint density at radius 2 is 1.12 bits per heavy atom. The van der Waals surface area contributed by atoms with Crippen molar-refractivity contribution in [2.45, 2.75) is 15.2 Å². The molecule has 0 saturated heterocycles. The number of hydrogen-bond donors (Lipinski definition) is 2. The highest BCUT2D eigenvalue weighted by Gasteiger charge is 2.14. The van der Waals surface area contributed by atoms with E-state index in [2.05, 4.69) is 25.3 Å². The number of halogens is 1. The SMILES string of the molecule is Sc1ccccc1C(Cl)c1ccccc1S. The van der Waals surface area contributed by atoms with Gasteiger partial charge in [0.05, 0.1) is 5.38 Å². The van der Waals surface area contributed by atoms with E-state index in [1.807, 2.05) is 48.5 Å².